The molecule has 0 bridgehead atoms. The van der Waals surface area contributed by atoms with Gasteiger partial charge in [0.25, 0.3) is 0 Å². The Morgan fingerprint density at radius 3 is 2.67 bits per heavy atom. The molecular formula is C16H21N3O2. The zero-order valence-corrected chi connectivity index (χ0v) is 12.9. The molecule has 112 valence electrons. The molecule has 0 aliphatic heterocycles. The van der Waals surface area contributed by atoms with E-state index >= 15 is 0 Å². The monoisotopic (exact) mass is 287 g/mol. The molecule has 0 atom stereocenters. The lowest BCUT2D eigenvalue weighted by atomic mass is 10.2. The summed E-state index contributed by atoms with van der Waals surface area (Å²) in [5, 5.41) is 3.35. The summed E-state index contributed by atoms with van der Waals surface area (Å²) in [7, 11) is 1.62. The third-order valence-corrected chi connectivity index (χ3v) is 3.01. The molecule has 0 saturated carbocycles. The van der Waals surface area contributed by atoms with E-state index in [9.17, 15) is 0 Å². The molecule has 0 amide bonds. The standard InChI is InChI=1S/C16H21N3O2/c1-11(2)17-9-13-10-18-16(19-12(13)3)21-15-7-5-6-14(8-15)20-4/h5-8,10-11,17H,9H2,1-4H3. The van der Waals surface area contributed by atoms with Crippen molar-refractivity contribution in [1.82, 2.24) is 15.3 Å². The highest BCUT2D eigenvalue weighted by Crippen LogP contribution is 2.23. The quantitative estimate of drug-likeness (QED) is 0.884. The average molecular weight is 287 g/mol. The number of aromatic nitrogens is 2. The van der Waals surface area contributed by atoms with Gasteiger partial charge in [0.15, 0.2) is 0 Å². The van der Waals surface area contributed by atoms with E-state index in [-0.39, 0.29) is 0 Å². The molecule has 0 saturated heterocycles. The molecule has 0 unspecified atom stereocenters. The third kappa shape index (κ3) is 4.43. The molecule has 2 aromatic rings. The van der Waals surface area contributed by atoms with Crippen molar-refractivity contribution >= 4 is 0 Å². The summed E-state index contributed by atoms with van der Waals surface area (Å²) in [6, 6.07) is 8.13. The molecule has 2 rings (SSSR count). The number of nitrogens with one attached hydrogen (secondary N) is 1. The van der Waals surface area contributed by atoms with Gasteiger partial charge >= 0.3 is 6.01 Å². The second-order valence-corrected chi connectivity index (χ2v) is 5.08. The van der Waals surface area contributed by atoms with Crippen LogP contribution >= 0.6 is 0 Å². The van der Waals surface area contributed by atoms with E-state index in [2.05, 4.69) is 29.1 Å². The number of nitrogens with zero attached hydrogens (tertiary/aromatic N) is 2. The largest absolute Gasteiger partial charge is 0.497 e. The Morgan fingerprint density at radius 1 is 1.24 bits per heavy atom. The first-order valence-electron chi connectivity index (χ1n) is 6.96. The van der Waals surface area contributed by atoms with Crippen LogP contribution in [0.15, 0.2) is 30.5 Å². The fraction of sp³-hybridized carbons (Fsp3) is 0.375. The van der Waals surface area contributed by atoms with E-state index in [1.165, 1.54) is 0 Å². The van der Waals surface area contributed by atoms with Crippen LogP contribution in [0.3, 0.4) is 0 Å². The van der Waals surface area contributed by atoms with Gasteiger partial charge in [0.1, 0.15) is 11.5 Å². The van der Waals surface area contributed by atoms with Crippen LogP contribution in [0.5, 0.6) is 17.5 Å². The molecule has 0 radical (unpaired) electrons. The second kappa shape index (κ2) is 7.04. The molecule has 0 aliphatic carbocycles. The Hall–Kier alpha value is -2.14. The zero-order chi connectivity index (χ0) is 15.2. The van der Waals surface area contributed by atoms with Gasteiger partial charge in [-0.05, 0) is 19.1 Å². The second-order valence-electron chi connectivity index (χ2n) is 5.08. The van der Waals surface area contributed by atoms with Gasteiger partial charge in [-0.2, -0.15) is 4.98 Å². The average Bonchev–Trinajstić information content (AvgIpc) is 2.46. The van der Waals surface area contributed by atoms with Crippen molar-refractivity contribution in [2.75, 3.05) is 7.11 Å². The summed E-state index contributed by atoms with van der Waals surface area (Å²) in [4.78, 5) is 8.64. The normalized spacial score (nSPS) is 10.7. The first kappa shape index (κ1) is 15.3. The number of rotatable bonds is 6. The van der Waals surface area contributed by atoms with Gasteiger partial charge in [-0.1, -0.05) is 19.9 Å². The molecule has 1 aromatic heterocycles. The molecule has 21 heavy (non-hydrogen) atoms. The smallest absolute Gasteiger partial charge is 0.322 e. The van der Waals surface area contributed by atoms with Crippen LogP contribution in [0.25, 0.3) is 0 Å². The van der Waals surface area contributed by atoms with Gasteiger partial charge in [0.2, 0.25) is 0 Å². The minimum absolute atomic E-state index is 0.342. The van der Waals surface area contributed by atoms with Gasteiger partial charge in [-0.25, -0.2) is 4.98 Å². The van der Waals surface area contributed by atoms with E-state index < -0.39 is 0 Å². The van der Waals surface area contributed by atoms with Crippen molar-refractivity contribution in [3.05, 3.63) is 41.7 Å². The number of methoxy groups -OCH3 is 1. The van der Waals surface area contributed by atoms with Crippen LogP contribution in [0.4, 0.5) is 0 Å². The Bertz CT molecular complexity index is 600. The number of benzene rings is 1. The van der Waals surface area contributed by atoms with Gasteiger partial charge in [0, 0.05) is 36.1 Å². The predicted molar refractivity (Wildman–Crippen MR) is 81.8 cm³/mol. The Balaban J connectivity index is 2.09. The highest BCUT2D eigenvalue weighted by Gasteiger charge is 2.06. The molecule has 0 spiro atoms. The topological polar surface area (TPSA) is 56.3 Å². The van der Waals surface area contributed by atoms with Gasteiger partial charge in [-0.3, -0.25) is 0 Å². The van der Waals surface area contributed by atoms with Crippen molar-refractivity contribution < 1.29 is 9.47 Å². The van der Waals surface area contributed by atoms with Crippen molar-refractivity contribution in [1.29, 1.82) is 0 Å². The summed E-state index contributed by atoms with van der Waals surface area (Å²) in [5.74, 6) is 1.39. The molecule has 5 nitrogen and oxygen atoms in total. The lowest BCUT2D eigenvalue weighted by Crippen LogP contribution is -2.22. The molecular weight excluding hydrogens is 266 g/mol. The van der Waals surface area contributed by atoms with Crippen LogP contribution in [-0.4, -0.2) is 23.1 Å². The fourth-order valence-electron chi connectivity index (χ4n) is 1.78. The van der Waals surface area contributed by atoms with Gasteiger partial charge in [0.05, 0.1) is 7.11 Å². The predicted octanol–water partition coefficient (Wildman–Crippen LogP) is 3.08. The van der Waals surface area contributed by atoms with Crippen LogP contribution < -0.4 is 14.8 Å². The van der Waals surface area contributed by atoms with Crippen molar-refractivity contribution in [2.24, 2.45) is 0 Å². The number of ether oxygens (including phenoxy) is 2. The first-order chi connectivity index (χ1) is 10.1. The Morgan fingerprint density at radius 2 is 2.00 bits per heavy atom. The van der Waals surface area contributed by atoms with Crippen LogP contribution in [0.2, 0.25) is 0 Å². The molecule has 1 N–H and O–H groups in total. The zero-order valence-electron chi connectivity index (χ0n) is 12.9. The SMILES string of the molecule is COc1cccc(Oc2ncc(CNC(C)C)c(C)n2)c1. The van der Waals surface area contributed by atoms with Gasteiger partial charge < -0.3 is 14.8 Å². The van der Waals surface area contributed by atoms with E-state index in [0.29, 0.717) is 17.8 Å². The first-order valence-corrected chi connectivity index (χ1v) is 6.96. The van der Waals surface area contributed by atoms with E-state index in [1.807, 2.05) is 25.1 Å². The molecule has 1 heterocycles. The minimum atomic E-state index is 0.342. The lowest BCUT2D eigenvalue weighted by Gasteiger charge is -2.11. The lowest BCUT2D eigenvalue weighted by molar-refractivity contribution is 0.403. The summed E-state index contributed by atoms with van der Waals surface area (Å²) >= 11 is 0. The van der Waals surface area contributed by atoms with Gasteiger partial charge in [-0.15, -0.1) is 0 Å². The van der Waals surface area contributed by atoms with E-state index in [0.717, 1.165) is 23.6 Å². The number of hydrogen-bond acceptors (Lipinski definition) is 5. The maximum atomic E-state index is 5.66. The highest BCUT2D eigenvalue weighted by atomic mass is 16.5. The molecule has 1 aromatic carbocycles. The van der Waals surface area contributed by atoms with E-state index in [4.69, 9.17) is 9.47 Å². The highest BCUT2D eigenvalue weighted by molar-refractivity contribution is 5.34. The number of aryl methyl sites for hydroxylation is 1. The van der Waals surface area contributed by atoms with Crippen LogP contribution in [-0.2, 0) is 6.54 Å². The van der Waals surface area contributed by atoms with Crippen LogP contribution in [0, 0.1) is 6.92 Å². The van der Waals surface area contributed by atoms with E-state index in [1.54, 1.807) is 19.4 Å². The van der Waals surface area contributed by atoms with Crippen molar-refractivity contribution in [3.63, 3.8) is 0 Å². The van der Waals surface area contributed by atoms with Crippen molar-refractivity contribution in [3.8, 4) is 17.5 Å². The summed E-state index contributed by atoms with van der Waals surface area (Å²) in [6.45, 7) is 6.92. The Labute approximate surface area is 125 Å². The molecule has 0 aliphatic rings. The van der Waals surface area contributed by atoms with Crippen molar-refractivity contribution in [2.45, 2.75) is 33.4 Å². The maximum absolute atomic E-state index is 5.66. The summed E-state index contributed by atoms with van der Waals surface area (Å²) in [6.07, 6.45) is 1.80. The minimum Gasteiger partial charge on any atom is -0.497 e. The molecule has 5 heteroatoms. The Kier molecular flexibility index (Phi) is 5.11. The number of hydrogen-bond donors (Lipinski definition) is 1. The van der Waals surface area contributed by atoms with Crippen LogP contribution in [0.1, 0.15) is 25.1 Å². The maximum Gasteiger partial charge on any atom is 0.322 e. The summed E-state index contributed by atoms with van der Waals surface area (Å²) < 4.78 is 10.8. The molecule has 0 fully saturated rings. The summed E-state index contributed by atoms with van der Waals surface area (Å²) in [5.41, 5.74) is 1.98. The third-order valence-electron chi connectivity index (χ3n) is 3.01. The fourth-order valence-corrected chi connectivity index (χ4v) is 1.78.